The second-order valence-electron chi connectivity index (χ2n) is 2.04. The maximum absolute atomic E-state index is 2.29. The molecule has 56 valence electrons. The van der Waals surface area contributed by atoms with Crippen LogP contribution in [0.15, 0.2) is 16.3 Å². The Hall–Kier alpha value is 0.0500. The van der Waals surface area contributed by atoms with Gasteiger partial charge in [-0.25, -0.2) is 0 Å². The molecule has 0 N–H and O–H groups in total. The Labute approximate surface area is 70.7 Å². The second-order valence-corrected chi connectivity index (χ2v) is 4.37. The van der Waals surface area contributed by atoms with Gasteiger partial charge in [-0.1, -0.05) is 13.8 Å². The molecule has 0 nitrogen and oxygen atoms in total. The lowest BCUT2D eigenvalue weighted by Gasteiger charge is -1.88. The monoisotopic (exact) mass is 172 g/mol. The topological polar surface area (TPSA) is 0 Å². The average Bonchev–Trinajstić information content (AvgIpc) is 2.37. The number of thioether (sulfide) groups is 1. The number of hydrogen-bond donors (Lipinski definition) is 0. The summed E-state index contributed by atoms with van der Waals surface area (Å²) >= 11 is 3.79. The zero-order chi connectivity index (χ0) is 7.40. The van der Waals surface area contributed by atoms with E-state index in [1.54, 1.807) is 0 Å². The Kier molecular flexibility index (Phi) is 3.29. The van der Waals surface area contributed by atoms with Gasteiger partial charge in [-0.05, 0) is 18.2 Å². The lowest BCUT2D eigenvalue weighted by molar-refractivity contribution is 1.18. The number of rotatable bonds is 3. The predicted octanol–water partition coefficient (Wildman–Crippen LogP) is 3.42. The van der Waals surface area contributed by atoms with Crippen molar-refractivity contribution in [2.24, 2.45) is 0 Å². The Balaban J connectivity index is 2.59. The summed E-state index contributed by atoms with van der Waals surface area (Å²) in [6, 6.07) is 2.29. The lowest BCUT2D eigenvalue weighted by Crippen LogP contribution is -1.67. The van der Waals surface area contributed by atoms with E-state index in [1.165, 1.54) is 21.9 Å². The van der Waals surface area contributed by atoms with Crippen LogP contribution in [0.5, 0.6) is 0 Å². The van der Waals surface area contributed by atoms with E-state index in [4.69, 9.17) is 0 Å². The number of aryl methyl sites for hydroxylation is 1. The van der Waals surface area contributed by atoms with Gasteiger partial charge in [-0.2, -0.15) is 0 Å². The highest BCUT2D eigenvalue weighted by atomic mass is 32.2. The zero-order valence-corrected chi connectivity index (χ0v) is 8.02. The van der Waals surface area contributed by atoms with Gasteiger partial charge in [-0.3, -0.25) is 0 Å². The van der Waals surface area contributed by atoms with E-state index >= 15 is 0 Å². The standard InChI is InChI=1S/C8H12S2/c1-3-7-5-8(6-10-7)9-4-2/h5-6H,3-4H2,1-2H3. The van der Waals surface area contributed by atoms with Crippen LogP contribution in [0.1, 0.15) is 18.7 Å². The molecule has 1 aromatic rings. The van der Waals surface area contributed by atoms with Gasteiger partial charge in [-0.15, -0.1) is 23.1 Å². The summed E-state index contributed by atoms with van der Waals surface area (Å²) in [5, 5.41) is 2.24. The van der Waals surface area contributed by atoms with Crippen molar-refractivity contribution in [3.05, 3.63) is 16.3 Å². The van der Waals surface area contributed by atoms with Crippen molar-refractivity contribution in [1.29, 1.82) is 0 Å². The first-order valence-corrected chi connectivity index (χ1v) is 5.43. The van der Waals surface area contributed by atoms with E-state index in [9.17, 15) is 0 Å². The molecule has 10 heavy (non-hydrogen) atoms. The van der Waals surface area contributed by atoms with Gasteiger partial charge in [0, 0.05) is 15.2 Å². The van der Waals surface area contributed by atoms with Crippen molar-refractivity contribution < 1.29 is 0 Å². The summed E-state index contributed by atoms with van der Waals surface area (Å²) in [6.07, 6.45) is 1.18. The largest absolute Gasteiger partial charge is 0.148 e. The van der Waals surface area contributed by atoms with Crippen LogP contribution >= 0.6 is 23.1 Å². The van der Waals surface area contributed by atoms with E-state index < -0.39 is 0 Å². The smallest absolute Gasteiger partial charge is 0.0182 e. The normalized spacial score (nSPS) is 10.2. The van der Waals surface area contributed by atoms with Crippen molar-refractivity contribution in [2.75, 3.05) is 5.75 Å². The molecule has 0 radical (unpaired) electrons. The predicted molar refractivity (Wildman–Crippen MR) is 50.1 cm³/mol. The first kappa shape index (κ1) is 8.15. The molecular formula is C8H12S2. The minimum absolute atomic E-state index is 1.18. The van der Waals surface area contributed by atoms with Gasteiger partial charge >= 0.3 is 0 Å². The van der Waals surface area contributed by atoms with E-state index in [2.05, 4.69) is 25.3 Å². The van der Waals surface area contributed by atoms with E-state index in [0.29, 0.717) is 0 Å². The van der Waals surface area contributed by atoms with Gasteiger partial charge < -0.3 is 0 Å². The second kappa shape index (κ2) is 4.04. The van der Waals surface area contributed by atoms with E-state index in [-0.39, 0.29) is 0 Å². The zero-order valence-electron chi connectivity index (χ0n) is 6.39. The quantitative estimate of drug-likeness (QED) is 0.629. The Morgan fingerprint density at radius 3 is 2.80 bits per heavy atom. The Bertz CT molecular complexity index is 191. The molecule has 1 rings (SSSR count). The molecule has 0 aromatic carbocycles. The van der Waals surface area contributed by atoms with Crippen LogP contribution in [0.25, 0.3) is 0 Å². The van der Waals surface area contributed by atoms with Crippen molar-refractivity contribution in [3.63, 3.8) is 0 Å². The third-order valence-electron chi connectivity index (χ3n) is 1.29. The Morgan fingerprint density at radius 2 is 2.30 bits per heavy atom. The summed E-state index contributed by atoms with van der Waals surface area (Å²) in [4.78, 5) is 2.93. The number of thiophene rings is 1. The van der Waals surface area contributed by atoms with Crippen LogP contribution in [0.4, 0.5) is 0 Å². The molecule has 0 bridgehead atoms. The van der Waals surface area contributed by atoms with Crippen LogP contribution in [0.3, 0.4) is 0 Å². The summed E-state index contributed by atoms with van der Waals surface area (Å²) in [5.74, 6) is 1.18. The molecule has 0 atom stereocenters. The SMILES string of the molecule is CCSc1csc(CC)c1. The van der Waals surface area contributed by atoms with Gasteiger partial charge in [0.15, 0.2) is 0 Å². The molecule has 0 unspecified atom stereocenters. The molecule has 0 spiro atoms. The molecular weight excluding hydrogens is 160 g/mol. The molecule has 0 amide bonds. The first-order valence-electron chi connectivity index (χ1n) is 3.57. The molecule has 1 aromatic heterocycles. The van der Waals surface area contributed by atoms with Crippen LogP contribution in [-0.4, -0.2) is 5.75 Å². The fourth-order valence-electron chi connectivity index (χ4n) is 0.788. The molecule has 0 saturated carbocycles. The average molecular weight is 172 g/mol. The van der Waals surface area contributed by atoms with Gasteiger partial charge in [0.2, 0.25) is 0 Å². The molecule has 0 aliphatic carbocycles. The molecule has 0 aliphatic heterocycles. The van der Waals surface area contributed by atoms with Crippen molar-refractivity contribution in [3.8, 4) is 0 Å². The van der Waals surface area contributed by atoms with Gasteiger partial charge in [0.1, 0.15) is 0 Å². The van der Waals surface area contributed by atoms with Crippen LogP contribution in [0.2, 0.25) is 0 Å². The minimum atomic E-state index is 1.18. The van der Waals surface area contributed by atoms with Crippen molar-refractivity contribution >= 4 is 23.1 Å². The molecule has 2 heteroatoms. The molecule has 1 heterocycles. The van der Waals surface area contributed by atoms with Gasteiger partial charge in [0.05, 0.1) is 0 Å². The van der Waals surface area contributed by atoms with Crippen LogP contribution < -0.4 is 0 Å². The van der Waals surface area contributed by atoms with E-state index in [1.807, 2.05) is 23.1 Å². The Morgan fingerprint density at radius 1 is 1.50 bits per heavy atom. The maximum Gasteiger partial charge on any atom is 0.0182 e. The summed E-state index contributed by atoms with van der Waals surface area (Å²) in [7, 11) is 0. The highest BCUT2D eigenvalue weighted by molar-refractivity contribution is 7.99. The van der Waals surface area contributed by atoms with Crippen LogP contribution in [0, 0.1) is 0 Å². The fraction of sp³-hybridized carbons (Fsp3) is 0.500. The fourth-order valence-corrected chi connectivity index (χ4v) is 2.54. The number of hydrogen-bond acceptors (Lipinski definition) is 2. The molecule has 0 aliphatic rings. The maximum atomic E-state index is 2.29. The van der Waals surface area contributed by atoms with Gasteiger partial charge in [0.25, 0.3) is 0 Å². The minimum Gasteiger partial charge on any atom is -0.148 e. The van der Waals surface area contributed by atoms with Crippen molar-refractivity contribution in [1.82, 2.24) is 0 Å². The summed E-state index contributed by atoms with van der Waals surface area (Å²) in [5.41, 5.74) is 0. The lowest BCUT2D eigenvalue weighted by atomic mass is 10.4. The molecule has 0 fully saturated rings. The van der Waals surface area contributed by atoms with Crippen LogP contribution in [-0.2, 0) is 6.42 Å². The highest BCUT2D eigenvalue weighted by Gasteiger charge is 1.95. The summed E-state index contributed by atoms with van der Waals surface area (Å²) in [6.45, 7) is 4.39. The first-order chi connectivity index (χ1) is 4.86. The highest BCUT2D eigenvalue weighted by Crippen LogP contribution is 2.24. The summed E-state index contributed by atoms with van der Waals surface area (Å²) < 4.78 is 0. The third kappa shape index (κ3) is 2.03. The molecule has 0 saturated heterocycles. The van der Waals surface area contributed by atoms with Crippen molar-refractivity contribution in [2.45, 2.75) is 25.2 Å². The third-order valence-corrected chi connectivity index (χ3v) is 3.38. The van der Waals surface area contributed by atoms with E-state index in [0.717, 1.165) is 0 Å².